The summed E-state index contributed by atoms with van der Waals surface area (Å²) in [5.74, 6) is 0.538. The first-order chi connectivity index (χ1) is 10.7. The molecule has 0 aliphatic rings. The molecule has 0 saturated carbocycles. The summed E-state index contributed by atoms with van der Waals surface area (Å²) >= 11 is 0. The number of amides is 1. The van der Waals surface area contributed by atoms with Crippen LogP contribution in [0.4, 0.5) is 0 Å². The largest absolute Gasteiger partial charge is 0.496 e. The SMILES string of the molecule is COc1ccccc1C(CNC(=O)C=Cc1ccoc1)OC. The minimum absolute atomic E-state index is 0.196. The lowest BCUT2D eigenvalue weighted by atomic mass is 10.1. The van der Waals surface area contributed by atoms with Crippen molar-refractivity contribution in [2.24, 2.45) is 0 Å². The van der Waals surface area contributed by atoms with Crippen molar-refractivity contribution >= 4 is 12.0 Å². The van der Waals surface area contributed by atoms with Crippen LogP contribution in [0.15, 0.2) is 53.4 Å². The van der Waals surface area contributed by atoms with Crippen LogP contribution in [0.3, 0.4) is 0 Å². The maximum absolute atomic E-state index is 11.8. The van der Waals surface area contributed by atoms with E-state index in [1.807, 2.05) is 24.3 Å². The zero-order chi connectivity index (χ0) is 15.8. The Morgan fingerprint density at radius 2 is 2.14 bits per heavy atom. The third-order valence-electron chi connectivity index (χ3n) is 3.20. The number of carbonyl (C=O) groups is 1. The van der Waals surface area contributed by atoms with Crippen molar-refractivity contribution < 1.29 is 18.7 Å². The van der Waals surface area contributed by atoms with E-state index in [0.717, 1.165) is 16.9 Å². The standard InChI is InChI=1S/C17H19NO4/c1-20-15-6-4-3-5-14(15)16(21-2)11-18-17(19)8-7-13-9-10-22-12-13/h3-10,12,16H,11H2,1-2H3,(H,18,19). The fraction of sp³-hybridized carbons (Fsp3) is 0.235. The van der Waals surface area contributed by atoms with Gasteiger partial charge in [0.15, 0.2) is 0 Å². The molecule has 0 aliphatic heterocycles. The molecule has 1 atom stereocenters. The van der Waals surface area contributed by atoms with Crippen LogP contribution in [0, 0.1) is 0 Å². The predicted octanol–water partition coefficient (Wildman–Crippen LogP) is 2.81. The van der Waals surface area contributed by atoms with Crippen LogP contribution in [0.2, 0.25) is 0 Å². The molecule has 22 heavy (non-hydrogen) atoms. The molecule has 5 heteroatoms. The minimum atomic E-state index is -0.276. The van der Waals surface area contributed by atoms with Gasteiger partial charge in [-0.15, -0.1) is 0 Å². The van der Waals surface area contributed by atoms with Gasteiger partial charge in [0.05, 0.1) is 19.6 Å². The van der Waals surface area contributed by atoms with Crippen molar-refractivity contribution in [3.63, 3.8) is 0 Å². The summed E-state index contributed by atoms with van der Waals surface area (Å²) in [4.78, 5) is 11.8. The van der Waals surface area contributed by atoms with Gasteiger partial charge in [-0.3, -0.25) is 4.79 Å². The van der Waals surface area contributed by atoms with Gasteiger partial charge < -0.3 is 19.2 Å². The van der Waals surface area contributed by atoms with Crippen LogP contribution in [-0.2, 0) is 9.53 Å². The Kier molecular flexibility index (Phi) is 5.80. The predicted molar refractivity (Wildman–Crippen MR) is 83.5 cm³/mol. The second kappa shape index (κ2) is 8.05. The quantitative estimate of drug-likeness (QED) is 0.799. The van der Waals surface area contributed by atoms with Crippen LogP contribution in [0.5, 0.6) is 5.75 Å². The smallest absolute Gasteiger partial charge is 0.244 e. The Bertz CT molecular complexity index is 619. The Hall–Kier alpha value is -2.53. The van der Waals surface area contributed by atoms with Gasteiger partial charge in [-0.1, -0.05) is 18.2 Å². The fourth-order valence-electron chi connectivity index (χ4n) is 2.05. The van der Waals surface area contributed by atoms with E-state index >= 15 is 0 Å². The maximum Gasteiger partial charge on any atom is 0.244 e. The molecule has 2 rings (SSSR count). The average Bonchev–Trinajstić information content (AvgIpc) is 3.07. The van der Waals surface area contributed by atoms with Crippen molar-refractivity contribution in [1.82, 2.24) is 5.32 Å². The van der Waals surface area contributed by atoms with Gasteiger partial charge in [0.2, 0.25) is 5.91 Å². The van der Waals surface area contributed by atoms with E-state index in [1.54, 1.807) is 38.9 Å². The molecule has 116 valence electrons. The molecule has 0 fully saturated rings. The molecule has 0 spiro atoms. The Balaban J connectivity index is 1.94. The van der Waals surface area contributed by atoms with Crippen LogP contribution in [0.1, 0.15) is 17.2 Å². The lowest BCUT2D eigenvalue weighted by Gasteiger charge is -2.18. The molecule has 0 aliphatic carbocycles. The van der Waals surface area contributed by atoms with Crippen LogP contribution >= 0.6 is 0 Å². The second-order valence-corrected chi connectivity index (χ2v) is 4.60. The summed E-state index contributed by atoms with van der Waals surface area (Å²) in [6, 6.07) is 9.35. The molecule has 0 saturated heterocycles. The van der Waals surface area contributed by atoms with Gasteiger partial charge in [-0.25, -0.2) is 0 Å². The number of rotatable bonds is 7. The summed E-state index contributed by atoms with van der Waals surface area (Å²) in [5.41, 5.74) is 1.73. The fourth-order valence-corrected chi connectivity index (χ4v) is 2.05. The van der Waals surface area contributed by atoms with Gasteiger partial charge in [0.25, 0.3) is 0 Å². The molecular formula is C17H19NO4. The molecule has 1 amide bonds. The van der Waals surface area contributed by atoms with Crippen LogP contribution < -0.4 is 10.1 Å². The molecule has 5 nitrogen and oxygen atoms in total. The summed E-state index contributed by atoms with van der Waals surface area (Å²) < 4.78 is 15.7. The van der Waals surface area contributed by atoms with Gasteiger partial charge in [0, 0.05) is 30.9 Å². The molecule has 1 unspecified atom stereocenters. The zero-order valence-corrected chi connectivity index (χ0v) is 12.6. The second-order valence-electron chi connectivity index (χ2n) is 4.60. The highest BCUT2D eigenvalue weighted by Gasteiger charge is 2.15. The number of benzene rings is 1. The Labute approximate surface area is 129 Å². The molecular weight excluding hydrogens is 282 g/mol. The van der Waals surface area contributed by atoms with Crippen LogP contribution in [0.25, 0.3) is 6.08 Å². The number of nitrogens with one attached hydrogen (secondary N) is 1. The van der Waals surface area contributed by atoms with E-state index in [0.29, 0.717) is 6.54 Å². The van der Waals surface area contributed by atoms with Gasteiger partial charge in [0.1, 0.15) is 11.9 Å². The molecule has 1 heterocycles. The first-order valence-corrected chi connectivity index (χ1v) is 6.88. The highest BCUT2D eigenvalue weighted by Crippen LogP contribution is 2.26. The molecule has 1 aromatic heterocycles. The number of hydrogen-bond acceptors (Lipinski definition) is 4. The van der Waals surface area contributed by atoms with E-state index in [2.05, 4.69) is 5.32 Å². The number of carbonyl (C=O) groups excluding carboxylic acids is 1. The molecule has 0 bridgehead atoms. The van der Waals surface area contributed by atoms with Crippen molar-refractivity contribution in [3.05, 3.63) is 60.1 Å². The van der Waals surface area contributed by atoms with E-state index in [-0.39, 0.29) is 12.0 Å². The lowest BCUT2D eigenvalue weighted by Crippen LogP contribution is -2.27. The highest BCUT2D eigenvalue weighted by molar-refractivity contribution is 5.91. The molecule has 1 aromatic carbocycles. The van der Waals surface area contributed by atoms with Gasteiger partial charge >= 0.3 is 0 Å². The first kappa shape index (κ1) is 15.9. The van der Waals surface area contributed by atoms with Gasteiger partial charge in [-0.2, -0.15) is 0 Å². The zero-order valence-electron chi connectivity index (χ0n) is 12.6. The maximum atomic E-state index is 11.8. The molecule has 0 radical (unpaired) electrons. The lowest BCUT2D eigenvalue weighted by molar-refractivity contribution is -0.117. The number of furan rings is 1. The molecule has 2 aromatic rings. The summed E-state index contributed by atoms with van der Waals surface area (Å²) in [5, 5.41) is 2.81. The summed E-state index contributed by atoms with van der Waals surface area (Å²) in [6.45, 7) is 0.353. The monoisotopic (exact) mass is 301 g/mol. The van der Waals surface area contributed by atoms with Crippen molar-refractivity contribution in [2.75, 3.05) is 20.8 Å². The van der Waals surface area contributed by atoms with Crippen LogP contribution in [-0.4, -0.2) is 26.7 Å². The highest BCUT2D eigenvalue weighted by atomic mass is 16.5. The number of ether oxygens (including phenoxy) is 2. The molecule has 1 N–H and O–H groups in total. The Morgan fingerprint density at radius 3 is 2.82 bits per heavy atom. The van der Waals surface area contributed by atoms with E-state index in [1.165, 1.54) is 6.08 Å². The Morgan fingerprint density at radius 1 is 1.32 bits per heavy atom. The average molecular weight is 301 g/mol. The van der Waals surface area contributed by atoms with E-state index in [4.69, 9.17) is 13.9 Å². The van der Waals surface area contributed by atoms with E-state index < -0.39 is 0 Å². The van der Waals surface area contributed by atoms with Crippen molar-refractivity contribution in [2.45, 2.75) is 6.10 Å². The minimum Gasteiger partial charge on any atom is -0.496 e. The number of methoxy groups -OCH3 is 2. The third kappa shape index (κ3) is 4.23. The number of para-hydroxylation sites is 1. The summed E-state index contributed by atoms with van der Waals surface area (Å²) in [7, 11) is 3.21. The topological polar surface area (TPSA) is 60.7 Å². The third-order valence-corrected chi connectivity index (χ3v) is 3.20. The van der Waals surface area contributed by atoms with Crippen molar-refractivity contribution in [3.8, 4) is 5.75 Å². The number of hydrogen-bond donors (Lipinski definition) is 1. The first-order valence-electron chi connectivity index (χ1n) is 6.88. The summed E-state index contributed by atoms with van der Waals surface area (Å²) in [6.07, 6.45) is 5.99. The van der Waals surface area contributed by atoms with Gasteiger partial charge in [-0.05, 0) is 18.2 Å². The van der Waals surface area contributed by atoms with E-state index in [9.17, 15) is 4.79 Å². The normalized spacial score (nSPS) is 12.3. The van der Waals surface area contributed by atoms with Crippen molar-refractivity contribution in [1.29, 1.82) is 0 Å².